The van der Waals surface area contributed by atoms with Gasteiger partial charge in [0.2, 0.25) is 5.91 Å². The van der Waals surface area contributed by atoms with Gasteiger partial charge in [-0.05, 0) is 12.5 Å². The smallest absolute Gasteiger partial charge is 0.246 e. The largest absolute Gasteiger partial charge is 0.375 e. The van der Waals surface area contributed by atoms with Gasteiger partial charge in [0.15, 0.2) is 0 Å². The molecule has 0 fully saturated rings. The Morgan fingerprint density at radius 3 is 3.47 bits per heavy atom. The molecule has 82 valence electrons. The number of hydrogen-bond acceptors (Lipinski definition) is 3. The van der Waals surface area contributed by atoms with Crippen LogP contribution in [-0.2, 0) is 22.5 Å². The molecule has 1 aromatic heterocycles. The second-order valence-electron chi connectivity index (χ2n) is 3.74. The number of fused-ring (bicyclic) bond motifs is 1. The number of methoxy groups -OCH3 is 1. The van der Waals surface area contributed by atoms with Gasteiger partial charge in [-0.1, -0.05) is 0 Å². The lowest BCUT2D eigenvalue weighted by Crippen LogP contribution is -2.41. The van der Waals surface area contributed by atoms with Crippen molar-refractivity contribution in [2.24, 2.45) is 0 Å². The zero-order valence-electron chi connectivity index (χ0n) is 8.77. The molecular weight excluding hydrogens is 194 g/mol. The van der Waals surface area contributed by atoms with Crippen molar-refractivity contribution >= 4 is 5.91 Å². The molecule has 1 amide bonds. The van der Waals surface area contributed by atoms with E-state index in [0.717, 1.165) is 19.4 Å². The molecule has 0 spiro atoms. The highest BCUT2D eigenvalue weighted by Crippen LogP contribution is 2.13. The third-order valence-corrected chi connectivity index (χ3v) is 2.59. The van der Waals surface area contributed by atoms with Crippen molar-refractivity contribution in [3.8, 4) is 0 Å². The van der Waals surface area contributed by atoms with Crippen LogP contribution in [0.3, 0.4) is 0 Å². The SMILES string of the molecule is COCC(=O)N[C@H]1CCn2nccc2C1. The molecule has 1 aliphatic heterocycles. The minimum atomic E-state index is -0.0459. The van der Waals surface area contributed by atoms with Crippen LogP contribution in [0.1, 0.15) is 12.1 Å². The molecule has 0 aliphatic carbocycles. The van der Waals surface area contributed by atoms with E-state index in [1.807, 2.05) is 10.7 Å². The first-order valence-electron chi connectivity index (χ1n) is 5.08. The monoisotopic (exact) mass is 209 g/mol. The minimum Gasteiger partial charge on any atom is -0.375 e. The van der Waals surface area contributed by atoms with Crippen molar-refractivity contribution in [3.05, 3.63) is 18.0 Å². The summed E-state index contributed by atoms with van der Waals surface area (Å²) in [7, 11) is 1.52. The fourth-order valence-corrected chi connectivity index (χ4v) is 1.89. The molecule has 0 saturated heterocycles. The van der Waals surface area contributed by atoms with Crippen LogP contribution in [0.2, 0.25) is 0 Å². The quantitative estimate of drug-likeness (QED) is 0.760. The number of aryl methyl sites for hydroxylation is 1. The van der Waals surface area contributed by atoms with Crippen LogP contribution in [-0.4, -0.2) is 35.4 Å². The van der Waals surface area contributed by atoms with E-state index >= 15 is 0 Å². The molecular formula is C10H15N3O2. The fraction of sp³-hybridized carbons (Fsp3) is 0.600. The number of rotatable bonds is 3. The number of ether oxygens (including phenoxy) is 1. The van der Waals surface area contributed by atoms with E-state index in [2.05, 4.69) is 10.4 Å². The van der Waals surface area contributed by atoms with E-state index in [0.29, 0.717) is 0 Å². The molecule has 0 bridgehead atoms. The topological polar surface area (TPSA) is 56.1 Å². The standard InChI is InChI=1S/C10H15N3O2/c1-15-7-10(14)12-8-3-5-13-9(6-8)2-4-11-13/h2,4,8H,3,5-7H2,1H3,(H,12,14)/t8-/m0/s1. The highest BCUT2D eigenvalue weighted by Gasteiger charge is 2.19. The van der Waals surface area contributed by atoms with Crippen LogP contribution in [0.5, 0.6) is 0 Å². The van der Waals surface area contributed by atoms with Gasteiger partial charge in [0.05, 0.1) is 0 Å². The summed E-state index contributed by atoms with van der Waals surface area (Å²) >= 11 is 0. The number of carbonyl (C=O) groups excluding carboxylic acids is 1. The summed E-state index contributed by atoms with van der Waals surface area (Å²) in [5, 5.41) is 7.13. The van der Waals surface area contributed by atoms with Crippen molar-refractivity contribution in [2.45, 2.75) is 25.4 Å². The van der Waals surface area contributed by atoms with Gasteiger partial charge in [-0.25, -0.2) is 0 Å². The molecule has 0 unspecified atom stereocenters. The first-order valence-corrected chi connectivity index (χ1v) is 5.08. The van der Waals surface area contributed by atoms with Gasteiger partial charge >= 0.3 is 0 Å². The number of amides is 1. The zero-order chi connectivity index (χ0) is 10.7. The van der Waals surface area contributed by atoms with E-state index in [1.54, 1.807) is 6.20 Å². The summed E-state index contributed by atoms with van der Waals surface area (Å²) in [4.78, 5) is 11.3. The second kappa shape index (κ2) is 4.44. The third-order valence-electron chi connectivity index (χ3n) is 2.59. The van der Waals surface area contributed by atoms with Gasteiger partial charge in [-0.3, -0.25) is 9.48 Å². The summed E-state index contributed by atoms with van der Waals surface area (Å²) in [6, 6.07) is 2.21. The van der Waals surface area contributed by atoms with Gasteiger partial charge in [0.1, 0.15) is 6.61 Å². The predicted octanol–water partition coefficient (Wildman–Crippen LogP) is -0.0395. The summed E-state index contributed by atoms with van der Waals surface area (Å²) in [6.07, 6.45) is 3.59. The Kier molecular flexibility index (Phi) is 3.01. The molecule has 1 aromatic rings. The van der Waals surface area contributed by atoms with Gasteiger partial charge in [-0.15, -0.1) is 0 Å². The summed E-state index contributed by atoms with van der Waals surface area (Å²) in [5.41, 5.74) is 1.18. The van der Waals surface area contributed by atoms with Crippen LogP contribution >= 0.6 is 0 Å². The first kappa shape index (κ1) is 10.2. The van der Waals surface area contributed by atoms with Crippen molar-refractivity contribution in [1.82, 2.24) is 15.1 Å². The highest BCUT2D eigenvalue weighted by atomic mass is 16.5. The second-order valence-corrected chi connectivity index (χ2v) is 3.74. The summed E-state index contributed by atoms with van der Waals surface area (Å²) < 4.78 is 6.76. The Balaban J connectivity index is 1.90. The van der Waals surface area contributed by atoms with Crippen LogP contribution < -0.4 is 5.32 Å². The van der Waals surface area contributed by atoms with E-state index < -0.39 is 0 Å². The first-order chi connectivity index (χ1) is 7.29. The van der Waals surface area contributed by atoms with Gasteiger partial charge in [-0.2, -0.15) is 5.10 Å². The molecule has 2 rings (SSSR count). The van der Waals surface area contributed by atoms with Crippen LogP contribution in [0, 0.1) is 0 Å². The maximum Gasteiger partial charge on any atom is 0.246 e. The Labute approximate surface area is 88.4 Å². The predicted molar refractivity (Wildman–Crippen MR) is 54.4 cm³/mol. The molecule has 2 heterocycles. The number of carbonyl (C=O) groups is 1. The van der Waals surface area contributed by atoms with E-state index in [4.69, 9.17) is 4.74 Å². The number of hydrogen-bond donors (Lipinski definition) is 1. The maximum absolute atomic E-state index is 11.3. The maximum atomic E-state index is 11.3. The molecule has 0 aromatic carbocycles. The lowest BCUT2D eigenvalue weighted by Gasteiger charge is -2.24. The van der Waals surface area contributed by atoms with Crippen LogP contribution in [0.25, 0.3) is 0 Å². The molecule has 15 heavy (non-hydrogen) atoms. The fourth-order valence-electron chi connectivity index (χ4n) is 1.89. The normalized spacial score (nSPS) is 19.7. The molecule has 1 N–H and O–H groups in total. The molecule has 1 aliphatic rings. The lowest BCUT2D eigenvalue weighted by molar-refractivity contribution is -0.125. The van der Waals surface area contributed by atoms with Crippen LogP contribution in [0.4, 0.5) is 0 Å². The summed E-state index contributed by atoms with van der Waals surface area (Å²) in [5.74, 6) is -0.0459. The van der Waals surface area contributed by atoms with Crippen molar-refractivity contribution in [1.29, 1.82) is 0 Å². The van der Waals surface area contributed by atoms with E-state index in [-0.39, 0.29) is 18.6 Å². The molecule has 0 radical (unpaired) electrons. The van der Waals surface area contributed by atoms with Gasteiger partial charge in [0.25, 0.3) is 0 Å². The Hall–Kier alpha value is -1.36. The van der Waals surface area contributed by atoms with E-state index in [9.17, 15) is 4.79 Å². The summed E-state index contributed by atoms with van der Waals surface area (Å²) in [6.45, 7) is 1.01. The third kappa shape index (κ3) is 2.36. The van der Waals surface area contributed by atoms with Gasteiger partial charge < -0.3 is 10.1 Å². The lowest BCUT2D eigenvalue weighted by atomic mass is 10.0. The van der Waals surface area contributed by atoms with Crippen LogP contribution in [0.15, 0.2) is 12.3 Å². The van der Waals surface area contributed by atoms with Crippen molar-refractivity contribution in [2.75, 3.05) is 13.7 Å². The number of nitrogens with zero attached hydrogens (tertiary/aromatic N) is 2. The van der Waals surface area contributed by atoms with Crippen molar-refractivity contribution in [3.63, 3.8) is 0 Å². The number of aromatic nitrogens is 2. The van der Waals surface area contributed by atoms with E-state index in [1.165, 1.54) is 12.8 Å². The zero-order valence-corrected chi connectivity index (χ0v) is 8.77. The average molecular weight is 209 g/mol. The molecule has 1 atom stereocenters. The Morgan fingerprint density at radius 1 is 1.80 bits per heavy atom. The molecule has 0 saturated carbocycles. The molecule has 5 nitrogen and oxygen atoms in total. The highest BCUT2D eigenvalue weighted by molar-refractivity contribution is 5.77. The minimum absolute atomic E-state index is 0.0459. The molecule has 5 heteroatoms. The number of nitrogens with one attached hydrogen (secondary N) is 1. The van der Waals surface area contributed by atoms with Gasteiger partial charge in [0, 0.05) is 38.0 Å². The average Bonchev–Trinajstić information content (AvgIpc) is 2.65. The Morgan fingerprint density at radius 2 is 2.67 bits per heavy atom. The van der Waals surface area contributed by atoms with Crippen molar-refractivity contribution < 1.29 is 9.53 Å². The Bertz CT molecular complexity index is 348.